The Kier molecular flexibility index (Phi) is 13.3. The molecular formula is C91H56N10O4. The average molecular weight is 1350 g/mol. The van der Waals surface area contributed by atoms with Crippen LogP contribution in [-0.2, 0) is 5.41 Å². The molecule has 0 bridgehead atoms. The summed E-state index contributed by atoms with van der Waals surface area (Å²) in [5.41, 5.74) is 19.1. The predicted molar refractivity (Wildman–Crippen MR) is 415 cm³/mol. The van der Waals surface area contributed by atoms with Crippen molar-refractivity contribution in [1.29, 1.82) is 0 Å². The van der Waals surface area contributed by atoms with Crippen LogP contribution in [-0.4, -0.2) is 49.0 Å². The van der Waals surface area contributed by atoms with E-state index in [0.717, 1.165) is 144 Å². The third-order valence-electron chi connectivity index (χ3n) is 20.3. The van der Waals surface area contributed by atoms with Crippen molar-refractivity contribution in [3.05, 3.63) is 315 Å². The van der Waals surface area contributed by atoms with Crippen molar-refractivity contribution >= 4 is 87.7 Å². The number of benzene rings is 13. The number of hydrogen-bond donors (Lipinski definition) is 0. The lowest BCUT2D eigenvalue weighted by Crippen LogP contribution is -2.17. The van der Waals surface area contributed by atoms with Crippen LogP contribution >= 0.6 is 0 Å². The maximum atomic E-state index is 6.66. The quantitative estimate of drug-likeness (QED) is 0.142. The summed E-state index contributed by atoms with van der Waals surface area (Å²) in [7, 11) is 0. The first-order valence-electron chi connectivity index (χ1n) is 34.9. The summed E-state index contributed by atoms with van der Waals surface area (Å²) >= 11 is 0. The SMILES string of the molecule is CC1(C)c2ccccc2-c2nc3c4ccccc4n(-c4ccc5oc6c(-c7nc(-c8ccccc8)nc(-c8ccccc8)n7)cccc6c5c4)c3nc21.c1ccc(-c2nc(-c3ccccc3)nc(-c3cccc4c3oc3ccc(-n5c6ccccc6c6ccc7c(c65)Oc5ccccc5O7)cc34)n2)cc1. The van der Waals surface area contributed by atoms with Gasteiger partial charge in [-0.3, -0.25) is 4.57 Å². The van der Waals surface area contributed by atoms with Gasteiger partial charge in [0.25, 0.3) is 0 Å². The Balaban J connectivity index is 0.000000135. The molecule has 2 aliphatic rings. The van der Waals surface area contributed by atoms with Crippen molar-refractivity contribution < 1.29 is 18.3 Å². The summed E-state index contributed by atoms with van der Waals surface area (Å²) in [6.45, 7) is 4.48. The third-order valence-corrected chi connectivity index (χ3v) is 20.3. The lowest BCUT2D eigenvalue weighted by atomic mass is 9.85. The zero-order valence-electron chi connectivity index (χ0n) is 56.5. The van der Waals surface area contributed by atoms with E-state index in [0.29, 0.717) is 63.5 Å². The molecule has 105 heavy (non-hydrogen) atoms. The van der Waals surface area contributed by atoms with E-state index < -0.39 is 0 Å². The summed E-state index contributed by atoms with van der Waals surface area (Å²) in [6.07, 6.45) is 0. The van der Waals surface area contributed by atoms with Crippen LogP contribution in [0.5, 0.6) is 23.0 Å². The fraction of sp³-hybridized carbons (Fsp3) is 0.0330. The van der Waals surface area contributed by atoms with E-state index in [1.54, 1.807) is 0 Å². The Labute approximate surface area is 599 Å². The molecule has 0 spiro atoms. The highest BCUT2D eigenvalue weighted by atomic mass is 16.6. The van der Waals surface area contributed by atoms with Gasteiger partial charge in [-0.25, -0.2) is 39.9 Å². The maximum absolute atomic E-state index is 6.66. The molecule has 7 aromatic heterocycles. The van der Waals surface area contributed by atoms with Gasteiger partial charge in [0, 0.05) is 82.3 Å². The maximum Gasteiger partial charge on any atom is 0.194 e. The van der Waals surface area contributed by atoms with Crippen LogP contribution in [0.15, 0.2) is 312 Å². The third kappa shape index (κ3) is 9.57. The summed E-state index contributed by atoms with van der Waals surface area (Å²) in [5, 5.41) is 7.19. The summed E-state index contributed by atoms with van der Waals surface area (Å²) in [4.78, 5) is 40.5. The van der Waals surface area contributed by atoms with Crippen LogP contribution in [0, 0.1) is 0 Å². The molecule has 20 aromatic rings. The second-order valence-electron chi connectivity index (χ2n) is 26.9. The summed E-state index contributed by atoms with van der Waals surface area (Å²) < 4.78 is 30.7. The number of fused-ring (bicyclic) bond motifs is 18. The van der Waals surface area contributed by atoms with E-state index in [-0.39, 0.29) is 5.41 Å². The van der Waals surface area contributed by atoms with Gasteiger partial charge in [0.05, 0.1) is 33.5 Å². The minimum absolute atomic E-state index is 0.273. The fourth-order valence-corrected chi connectivity index (χ4v) is 15.4. The van der Waals surface area contributed by atoms with Crippen molar-refractivity contribution in [1.82, 2.24) is 49.0 Å². The second-order valence-corrected chi connectivity index (χ2v) is 26.9. The van der Waals surface area contributed by atoms with E-state index in [1.807, 2.05) is 188 Å². The lowest BCUT2D eigenvalue weighted by Gasteiger charge is -2.22. The standard InChI is InChI=1S/C46H30N6O.C45H26N4O3/c1-46(2)35-22-11-9-18-31(35)38-41(46)48-45-39(47-38)32-19-10-12-23-36(32)52(45)29-24-25-37-34(26-29)30-20-13-21-33(40(30)53-37)44-50-42(27-14-5-3-6-15-27)49-43(51-44)28-16-7-4-8-17-28;1-3-12-27(13-4-1)43-46-44(28-14-5-2-6-15-28)48-45(47-43)33-18-11-17-32-34-26-29(22-24-36(34)51-41(32)33)49-35-19-8-7-16-30(35)31-23-25-39-42(40(31)49)52-38-21-10-9-20-37(38)50-39/h3-26H,1-2H3;1-26H. The van der Waals surface area contributed by atoms with E-state index in [9.17, 15) is 0 Å². The number of nitrogens with zero attached hydrogens (tertiary/aromatic N) is 10. The molecule has 1 aliphatic heterocycles. The summed E-state index contributed by atoms with van der Waals surface area (Å²) in [5.74, 6) is 6.26. The molecule has 22 rings (SSSR count). The first kappa shape index (κ1) is 59.6. The monoisotopic (exact) mass is 1350 g/mol. The minimum Gasteiger partial charge on any atom is -0.455 e. The molecule has 14 nitrogen and oxygen atoms in total. The molecule has 0 atom stereocenters. The Morgan fingerprint density at radius 2 is 0.743 bits per heavy atom. The highest BCUT2D eigenvalue weighted by molar-refractivity contribution is 6.15. The molecule has 0 saturated heterocycles. The topological polar surface area (TPSA) is 158 Å². The van der Waals surface area contributed by atoms with Crippen LogP contribution in [0.2, 0.25) is 0 Å². The van der Waals surface area contributed by atoms with Gasteiger partial charge in [-0.05, 0) is 90.5 Å². The van der Waals surface area contributed by atoms with Gasteiger partial charge < -0.3 is 22.9 Å². The number of para-hydroxylation sites is 6. The van der Waals surface area contributed by atoms with Crippen molar-refractivity contribution in [3.63, 3.8) is 0 Å². The number of furan rings is 2. The predicted octanol–water partition coefficient (Wildman–Crippen LogP) is 22.7. The molecule has 0 unspecified atom stereocenters. The molecular weight excluding hydrogens is 1300 g/mol. The molecule has 0 fully saturated rings. The van der Waals surface area contributed by atoms with E-state index in [2.05, 4.69) is 138 Å². The summed E-state index contributed by atoms with van der Waals surface area (Å²) in [6, 6.07) is 102. The first-order valence-corrected chi connectivity index (χ1v) is 34.9. The number of rotatable bonds is 8. The van der Waals surface area contributed by atoms with Crippen molar-refractivity contribution in [2.24, 2.45) is 0 Å². The second kappa shape index (κ2) is 23.4. The van der Waals surface area contributed by atoms with Crippen LogP contribution in [0.1, 0.15) is 25.1 Å². The number of aromatic nitrogens is 10. The average Bonchev–Trinajstić information content (AvgIpc) is 1.56. The Morgan fingerprint density at radius 1 is 0.305 bits per heavy atom. The smallest absolute Gasteiger partial charge is 0.194 e. The number of ether oxygens (including phenoxy) is 2. The minimum atomic E-state index is -0.273. The highest BCUT2D eigenvalue weighted by Crippen LogP contribution is 2.52. The lowest BCUT2D eigenvalue weighted by molar-refractivity contribution is 0.362. The molecule has 0 N–H and O–H groups in total. The molecule has 0 saturated carbocycles. The van der Waals surface area contributed by atoms with Gasteiger partial charge in [0.2, 0.25) is 0 Å². The van der Waals surface area contributed by atoms with Crippen LogP contribution < -0.4 is 9.47 Å². The molecule has 8 heterocycles. The molecule has 0 amide bonds. The highest BCUT2D eigenvalue weighted by Gasteiger charge is 2.39. The molecule has 1 aliphatic carbocycles. The van der Waals surface area contributed by atoms with Crippen molar-refractivity contribution in [2.45, 2.75) is 19.3 Å². The van der Waals surface area contributed by atoms with Crippen LogP contribution in [0.25, 0.3) is 179 Å². The molecule has 14 heteroatoms. The fourth-order valence-electron chi connectivity index (χ4n) is 15.4. The largest absolute Gasteiger partial charge is 0.455 e. The van der Waals surface area contributed by atoms with Gasteiger partial charge in [0.15, 0.2) is 63.6 Å². The zero-order chi connectivity index (χ0) is 69.4. The zero-order valence-corrected chi connectivity index (χ0v) is 56.5. The molecule has 0 radical (unpaired) electrons. The van der Waals surface area contributed by atoms with Crippen LogP contribution in [0.4, 0.5) is 0 Å². The number of hydrogen-bond acceptors (Lipinski definition) is 12. The van der Waals surface area contributed by atoms with Crippen molar-refractivity contribution in [3.8, 4) is 114 Å². The Bertz CT molecular complexity index is 6830. The van der Waals surface area contributed by atoms with Gasteiger partial charge in [-0.15, -0.1) is 0 Å². The Hall–Kier alpha value is -14.2. The van der Waals surface area contributed by atoms with E-state index in [1.165, 1.54) is 5.56 Å². The van der Waals surface area contributed by atoms with Crippen molar-refractivity contribution in [2.75, 3.05) is 0 Å². The van der Waals surface area contributed by atoms with Gasteiger partial charge in [-0.2, -0.15) is 0 Å². The molecule has 494 valence electrons. The van der Waals surface area contributed by atoms with Crippen LogP contribution in [0.3, 0.4) is 0 Å². The van der Waals surface area contributed by atoms with E-state index >= 15 is 0 Å². The normalized spacial score (nSPS) is 12.7. The molecule has 13 aromatic carbocycles. The van der Waals surface area contributed by atoms with Gasteiger partial charge in [-0.1, -0.05) is 232 Å². The van der Waals surface area contributed by atoms with Gasteiger partial charge >= 0.3 is 0 Å². The Morgan fingerprint density at radius 3 is 1.30 bits per heavy atom. The van der Waals surface area contributed by atoms with Gasteiger partial charge in [0.1, 0.15) is 33.4 Å². The first-order chi connectivity index (χ1) is 51.8. The van der Waals surface area contributed by atoms with E-state index in [4.69, 9.17) is 58.2 Å².